The second kappa shape index (κ2) is 3.70. The van der Waals surface area contributed by atoms with Gasteiger partial charge < -0.3 is 5.73 Å². The molecule has 1 nitrogen and oxygen atoms in total. The van der Waals surface area contributed by atoms with E-state index < -0.39 is 0 Å². The fourth-order valence-electron chi connectivity index (χ4n) is 0.827. The maximum absolute atomic E-state index is 5.68. The van der Waals surface area contributed by atoms with Gasteiger partial charge in [0.1, 0.15) is 0 Å². The summed E-state index contributed by atoms with van der Waals surface area (Å²) in [4.78, 5) is 0. The molecule has 0 aliphatic carbocycles. The summed E-state index contributed by atoms with van der Waals surface area (Å²) in [7, 11) is 0. The Labute approximate surface area is 73.8 Å². The topological polar surface area (TPSA) is 26.0 Å². The van der Waals surface area contributed by atoms with Gasteiger partial charge in [-0.05, 0) is 25.0 Å². The standard InChI is InChI=1S/C8H11N.Li.H/c1-6-4-3-5-7(2)8(6)9;;/h3-5H,9H2,1-2H3;;. The van der Waals surface area contributed by atoms with Crippen LogP contribution in [0.3, 0.4) is 0 Å². The van der Waals surface area contributed by atoms with Crippen molar-refractivity contribution in [1.82, 2.24) is 0 Å². The van der Waals surface area contributed by atoms with Crippen LogP contribution in [-0.2, 0) is 0 Å². The van der Waals surface area contributed by atoms with Crippen LogP contribution < -0.4 is 5.73 Å². The van der Waals surface area contributed by atoms with Crippen LogP contribution in [0.2, 0.25) is 0 Å². The van der Waals surface area contributed by atoms with Crippen molar-refractivity contribution >= 4 is 24.5 Å². The van der Waals surface area contributed by atoms with Gasteiger partial charge >= 0.3 is 18.9 Å². The predicted octanol–water partition coefficient (Wildman–Crippen LogP) is 1.24. The molecule has 2 heteroatoms. The second-order valence-electron chi connectivity index (χ2n) is 2.31. The number of nitrogen functional groups attached to an aromatic ring is 1. The van der Waals surface area contributed by atoms with Crippen molar-refractivity contribution < 1.29 is 0 Å². The zero-order chi connectivity index (χ0) is 6.85. The van der Waals surface area contributed by atoms with Gasteiger partial charge in [-0.3, -0.25) is 0 Å². The number of para-hydroxylation sites is 1. The SMILES string of the molecule is Cc1cccc(C)c1N.[LiH]. The molecule has 0 heterocycles. The van der Waals surface area contributed by atoms with Gasteiger partial charge in [0.05, 0.1) is 0 Å². The fraction of sp³-hybridized carbons (Fsp3) is 0.250. The van der Waals surface area contributed by atoms with Crippen molar-refractivity contribution in [3.63, 3.8) is 0 Å². The summed E-state index contributed by atoms with van der Waals surface area (Å²) >= 11 is 0. The summed E-state index contributed by atoms with van der Waals surface area (Å²) in [6.07, 6.45) is 0. The first kappa shape index (κ1) is 9.62. The van der Waals surface area contributed by atoms with E-state index in [0.717, 1.165) is 16.8 Å². The molecule has 0 radical (unpaired) electrons. The Balaban J connectivity index is 0.000000810. The van der Waals surface area contributed by atoms with Crippen molar-refractivity contribution in [2.45, 2.75) is 13.8 Å². The summed E-state index contributed by atoms with van der Waals surface area (Å²) in [5, 5.41) is 0. The van der Waals surface area contributed by atoms with E-state index in [2.05, 4.69) is 0 Å². The van der Waals surface area contributed by atoms with Gasteiger partial charge in [0, 0.05) is 5.69 Å². The van der Waals surface area contributed by atoms with Crippen LogP contribution in [-0.4, -0.2) is 18.9 Å². The molecular formula is C8H12LiN. The quantitative estimate of drug-likeness (QED) is 0.414. The van der Waals surface area contributed by atoms with Crippen LogP contribution in [0.25, 0.3) is 0 Å². The van der Waals surface area contributed by atoms with Gasteiger partial charge in [0.2, 0.25) is 0 Å². The Bertz CT molecular complexity index is 200. The van der Waals surface area contributed by atoms with E-state index in [1.165, 1.54) is 0 Å². The van der Waals surface area contributed by atoms with Crippen molar-refractivity contribution in [1.29, 1.82) is 0 Å². The van der Waals surface area contributed by atoms with Crippen molar-refractivity contribution in [3.8, 4) is 0 Å². The molecule has 1 aromatic rings. The Hall–Kier alpha value is -0.383. The zero-order valence-corrected chi connectivity index (χ0v) is 5.81. The number of benzene rings is 1. The maximum atomic E-state index is 5.68. The molecule has 0 unspecified atom stereocenters. The first-order chi connectivity index (χ1) is 4.22. The Morgan fingerprint density at radius 2 is 1.50 bits per heavy atom. The third-order valence-corrected chi connectivity index (χ3v) is 1.54. The van der Waals surface area contributed by atoms with Crippen molar-refractivity contribution in [2.24, 2.45) is 0 Å². The molecule has 0 aliphatic heterocycles. The molecule has 50 valence electrons. The number of rotatable bonds is 0. The van der Waals surface area contributed by atoms with E-state index in [0.29, 0.717) is 0 Å². The molecular weight excluding hydrogens is 117 g/mol. The predicted molar refractivity (Wildman–Crippen MR) is 47.5 cm³/mol. The molecule has 0 saturated carbocycles. The minimum absolute atomic E-state index is 0. The van der Waals surface area contributed by atoms with Gasteiger partial charge in [0.25, 0.3) is 0 Å². The summed E-state index contributed by atoms with van der Waals surface area (Å²) in [6, 6.07) is 6.05. The Morgan fingerprint density at radius 3 is 1.80 bits per heavy atom. The number of hydrogen-bond donors (Lipinski definition) is 1. The minimum atomic E-state index is 0. The van der Waals surface area contributed by atoms with Gasteiger partial charge in [-0.15, -0.1) is 0 Å². The second-order valence-corrected chi connectivity index (χ2v) is 2.31. The number of aryl methyl sites for hydroxylation is 2. The molecule has 0 saturated heterocycles. The van der Waals surface area contributed by atoms with E-state index >= 15 is 0 Å². The van der Waals surface area contributed by atoms with Crippen LogP contribution in [0.4, 0.5) is 5.69 Å². The van der Waals surface area contributed by atoms with Crippen molar-refractivity contribution in [3.05, 3.63) is 29.3 Å². The average Bonchev–Trinajstić information content (AvgIpc) is 1.83. The van der Waals surface area contributed by atoms with E-state index in [1.54, 1.807) is 0 Å². The fourth-order valence-corrected chi connectivity index (χ4v) is 0.827. The number of nitrogens with two attached hydrogens (primary N) is 1. The molecule has 0 amide bonds. The number of hydrogen-bond acceptors (Lipinski definition) is 1. The van der Waals surface area contributed by atoms with Gasteiger partial charge in [-0.2, -0.15) is 0 Å². The molecule has 0 spiro atoms. The van der Waals surface area contributed by atoms with E-state index in [4.69, 9.17) is 5.73 Å². The molecule has 0 aliphatic rings. The summed E-state index contributed by atoms with van der Waals surface area (Å²) in [6.45, 7) is 4.03. The molecule has 10 heavy (non-hydrogen) atoms. The molecule has 0 bridgehead atoms. The summed E-state index contributed by atoms with van der Waals surface area (Å²) in [5.74, 6) is 0. The summed E-state index contributed by atoms with van der Waals surface area (Å²) < 4.78 is 0. The number of anilines is 1. The molecule has 2 N–H and O–H groups in total. The third-order valence-electron chi connectivity index (χ3n) is 1.54. The van der Waals surface area contributed by atoms with Crippen LogP contribution in [0.15, 0.2) is 18.2 Å². The first-order valence-electron chi connectivity index (χ1n) is 3.03. The monoisotopic (exact) mass is 129 g/mol. The van der Waals surface area contributed by atoms with E-state index in [-0.39, 0.29) is 18.9 Å². The van der Waals surface area contributed by atoms with E-state index in [1.807, 2.05) is 32.0 Å². The molecule has 0 fully saturated rings. The molecule has 1 rings (SSSR count). The van der Waals surface area contributed by atoms with Crippen molar-refractivity contribution in [2.75, 3.05) is 5.73 Å². The average molecular weight is 129 g/mol. The molecule has 0 aromatic heterocycles. The van der Waals surface area contributed by atoms with Crippen LogP contribution in [0.1, 0.15) is 11.1 Å². The van der Waals surface area contributed by atoms with Crippen LogP contribution in [0.5, 0.6) is 0 Å². The molecule has 1 aromatic carbocycles. The van der Waals surface area contributed by atoms with Crippen LogP contribution >= 0.6 is 0 Å². The zero-order valence-electron chi connectivity index (χ0n) is 5.81. The normalized spacial score (nSPS) is 8.60. The van der Waals surface area contributed by atoms with Gasteiger partial charge in [0.15, 0.2) is 0 Å². The summed E-state index contributed by atoms with van der Waals surface area (Å²) in [5.41, 5.74) is 8.92. The van der Waals surface area contributed by atoms with E-state index in [9.17, 15) is 0 Å². The van der Waals surface area contributed by atoms with Crippen LogP contribution in [0, 0.1) is 13.8 Å². The molecule has 0 atom stereocenters. The van der Waals surface area contributed by atoms with Gasteiger partial charge in [-0.25, -0.2) is 0 Å². The Kier molecular flexibility index (Phi) is 3.56. The third kappa shape index (κ3) is 1.80. The van der Waals surface area contributed by atoms with Gasteiger partial charge in [-0.1, -0.05) is 18.2 Å². The Morgan fingerprint density at radius 1 is 1.10 bits per heavy atom. The first-order valence-corrected chi connectivity index (χ1v) is 3.03.